The SMILES string of the molecule is Cn1ncc(NC(=O)CCOC(=O)NC(C)(C)C)c1N. The number of aryl methyl sites for hydroxylation is 1. The summed E-state index contributed by atoms with van der Waals surface area (Å²) < 4.78 is 6.35. The first kappa shape index (κ1) is 15.8. The molecule has 0 aliphatic carbocycles. The normalized spacial score (nSPS) is 11.0. The highest BCUT2D eigenvalue weighted by Crippen LogP contribution is 2.15. The number of amides is 2. The molecular formula is C12H21N5O3. The van der Waals surface area contributed by atoms with Crippen LogP contribution in [0.25, 0.3) is 0 Å². The van der Waals surface area contributed by atoms with Gasteiger partial charge in [-0.15, -0.1) is 0 Å². The molecular weight excluding hydrogens is 262 g/mol. The van der Waals surface area contributed by atoms with Gasteiger partial charge in [0.05, 0.1) is 12.6 Å². The Morgan fingerprint density at radius 3 is 2.60 bits per heavy atom. The van der Waals surface area contributed by atoms with E-state index in [1.165, 1.54) is 10.9 Å². The van der Waals surface area contributed by atoms with Crippen molar-refractivity contribution in [1.29, 1.82) is 0 Å². The van der Waals surface area contributed by atoms with Gasteiger partial charge in [0.25, 0.3) is 0 Å². The number of ether oxygens (including phenoxy) is 1. The van der Waals surface area contributed by atoms with Gasteiger partial charge in [0.1, 0.15) is 18.1 Å². The topological polar surface area (TPSA) is 111 Å². The van der Waals surface area contributed by atoms with Crippen LogP contribution in [0.4, 0.5) is 16.3 Å². The molecule has 0 unspecified atom stereocenters. The predicted molar refractivity (Wildman–Crippen MR) is 75.1 cm³/mol. The first-order chi connectivity index (χ1) is 9.19. The standard InChI is InChI=1S/C12H21N5O3/c1-12(2,3)16-11(19)20-6-5-9(18)15-8-7-14-17(4)10(8)13/h7H,5-6,13H2,1-4H3,(H,15,18)(H,16,19). The third-order valence-electron chi connectivity index (χ3n) is 2.30. The molecule has 1 rings (SSSR count). The average Bonchev–Trinajstić information content (AvgIpc) is 2.58. The fourth-order valence-corrected chi connectivity index (χ4v) is 1.33. The van der Waals surface area contributed by atoms with Gasteiger partial charge in [-0.1, -0.05) is 0 Å². The highest BCUT2D eigenvalue weighted by molar-refractivity contribution is 5.93. The average molecular weight is 283 g/mol. The lowest BCUT2D eigenvalue weighted by Gasteiger charge is -2.19. The zero-order valence-electron chi connectivity index (χ0n) is 12.2. The molecule has 0 aromatic carbocycles. The number of nitrogen functional groups attached to an aromatic ring is 1. The zero-order valence-corrected chi connectivity index (χ0v) is 12.2. The fraction of sp³-hybridized carbons (Fsp3) is 0.583. The molecule has 1 aromatic heterocycles. The second kappa shape index (κ2) is 6.27. The third kappa shape index (κ3) is 5.17. The highest BCUT2D eigenvalue weighted by Gasteiger charge is 2.15. The van der Waals surface area contributed by atoms with Gasteiger partial charge in [0.2, 0.25) is 5.91 Å². The van der Waals surface area contributed by atoms with E-state index in [2.05, 4.69) is 15.7 Å². The largest absolute Gasteiger partial charge is 0.449 e. The molecule has 1 aromatic rings. The van der Waals surface area contributed by atoms with Gasteiger partial charge < -0.3 is 21.1 Å². The van der Waals surface area contributed by atoms with E-state index in [9.17, 15) is 9.59 Å². The second-order valence-corrected chi connectivity index (χ2v) is 5.38. The summed E-state index contributed by atoms with van der Waals surface area (Å²) in [5.74, 6) is 0.0676. The van der Waals surface area contributed by atoms with Gasteiger partial charge in [-0.25, -0.2) is 4.79 Å². The van der Waals surface area contributed by atoms with Crippen LogP contribution in [0.15, 0.2) is 6.20 Å². The van der Waals surface area contributed by atoms with Gasteiger partial charge in [0, 0.05) is 12.6 Å². The Hall–Kier alpha value is -2.25. The molecule has 8 nitrogen and oxygen atoms in total. The molecule has 0 bridgehead atoms. The number of alkyl carbamates (subject to hydrolysis) is 1. The molecule has 1 heterocycles. The van der Waals surface area contributed by atoms with Crippen molar-refractivity contribution in [2.75, 3.05) is 17.7 Å². The molecule has 0 saturated carbocycles. The maximum absolute atomic E-state index is 11.6. The van der Waals surface area contributed by atoms with E-state index in [0.717, 1.165) is 0 Å². The van der Waals surface area contributed by atoms with Gasteiger partial charge in [-0.2, -0.15) is 5.10 Å². The van der Waals surface area contributed by atoms with Crippen molar-refractivity contribution in [2.24, 2.45) is 7.05 Å². The molecule has 0 atom stereocenters. The van der Waals surface area contributed by atoms with Crippen molar-refractivity contribution in [3.63, 3.8) is 0 Å². The van der Waals surface area contributed by atoms with Crippen LogP contribution in [0.2, 0.25) is 0 Å². The van der Waals surface area contributed by atoms with Crippen molar-refractivity contribution >= 4 is 23.5 Å². The zero-order chi connectivity index (χ0) is 15.3. The minimum absolute atomic E-state index is 0.00604. The molecule has 8 heteroatoms. The van der Waals surface area contributed by atoms with Crippen molar-refractivity contribution in [3.8, 4) is 0 Å². The molecule has 0 radical (unpaired) electrons. The Morgan fingerprint density at radius 1 is 1.45 bits per heavy atom. The van der Waals surface area contributed by atoms with E-state index >= 15 is 0 Å². The van der Waals surface area contributed by atoms with E-state index in [1.807, 2.05) is 20.8 Å². The Labute approximate surface area is 117 Å². The van der Waals surface area contributed by atoms with Crippen molar-refractivity contribution < 1.29 is 14.3 Å². The maximum Gasteiger partial charge on any atom is 0.407 e. The van der Waals surface area contributed by atoms with Gasteiger partial charge >= 0.3 is 6.09 Å². The third-order valence-corrected chi connectivity index (χ3v) is 2.30. The summed E-state index contributed by atoms with van der Waals surface area (Å²) in [7, 11) is 1.67. The van der Waals surface area contributed by atoms with Crippen molar-refractivity contribution in [2.45, 2.75) is 32.7 Å². The summed E-state index contributed by atoms with van der Waals surface area (Å²) in [6, 6.07) is 0. The molecule has 0 aliphatic heterocycles. The number of nitrogens with two attached hydrogens (primary N) is 1. The fourth-order valence-electron chi connectivity index (χ4n) is 1.33. The first-order valence-electron chi connectivity index (χ1n) is 6.21. The number of rotatable bonds is 4. The summed E-state index contributed by atoms with van der Waals surface area (Å²) >= 11 is 0. The minimum atomic E-state index is -0.550. The number of nitrogens with one attached hydrogen (secondary N) is 2. The van der Waals surface area contributed by atoms with Crippen molar-refractivity contribution in [3.05, 3.63) is 6.20 Å². The predicted octanol–water partition coefficient (Wildman–Crippen LogP) is 0.856. The monoisotopic (exact) mass is 283 g/mol. The Morgan fingerprint density at radius 2 is 2.10 bits per heavy atom. The number of anilines is 2. The molecule has 0 spiro atoms. The van der Waals surface area contributed by atoms with E-state index in [1.54, 1.807) is 7.05 Å². The van der Waals surface area contributed by atoms with Crippen LogP contribution < -0.4 is 16.4 Å². The molecule has 4 N–H and O–H groups in total. The number of carbonyl (C=O) groups is 2. The quantitative estimate of drug-likeness (QED) is 0.758. The smallest absolute Gasteiger partial charge is 0.407 e. The van der Waals surface area contributed by atoms with Crippen LogP contribution in [-0.2, 0) is 16.6 Å². The maximum atomic E-state index is 11.6. The molecule has 112 valence electrons. The van der Waals surface area contributed by atoms with Crippen LogP contribution in [0.5, 0.6) is 0 Å². The molecule has 2 amide bonds. The summed E-state index contributed by atoms with van der Waals surface area (Å²) in [5.41, 5.74) is 5.76. The Bertz CT molecular complexity index is 490. The van der Waals surface area contributed by atoms with Crippen LogP contribution in [0.1, 0.15) is 27.2 Å². The Kier molecular flexibility index (Phi) is 4.95. The summed E-state index contributed by atoms with van der Waals surface area (Å²) in [4.78, 5) is 23.0. The first-order valence-corrected chi connectivity index (χ1v) is 6.21. The van der Waals surface area contributed by atoms with Gasteiger partial charge in [-0.05, 0) is 20.8 Å². The van der Waals surface area contributed by atoms with Crippen LogP contribution in [0.3, 0.4) is 0 Å². The lowest BCUT2D eigenvalue weighted by atomic mass is 10.1. The lowest BCUT2D eigenvalue weighted by molar-refractivity contribution is -0.116. The van der Waals surface area contributed by atoms with E-state index in [4.69, 9.17) is 10.5 Å². The number of hydrogen-bond acceptors (Lipinski definition) is 5. The summed E-state index contributed by atoms with van der Waals surface area (Å²) in [6.45, 7) is 5.51. The lowest BCUT2D eigenvalue weighted by Crippen LogP contribution is -2.41. The van der Waals surface area contributed by atoms with Gasteiger partial charge in [-0.3, -0.25) is 9.48 Å². The molecule has 20 heavy (non-hydrogen) atoms. The summed E-state index contributed by atoms with van der Waals surface area (Å²) in [6.07, 6.45) is 0.956. The highest BCUT2D eigenvalue weighted by atomic mass is 16.5. The van der Waals surface area contributed by atoms with Crippen molar-refractivity contribution in [1.82, 2.24) is 15.1 Å². The van der Waals surface area contributed by atoms with Gasteiger partial charge in [0.15, 0.2) is 0 Å². The van der Waals surface area contributed by atoms with Crippen LogP contribution in [-0.4, -0.2) is 33.9 Å². The second-order valence-electron chi connectivity index (χ2n) is 5.38. The number of nitrogens with zero attached hydrogens (tertiary/aromatic N) is 2. The number of aromatic nitrogens is 2. The van der Waals surface area contributed by atoms with E-state index in [-0.39, 0.29) is 24.5 Å². The summed E-state index contributed by atoms with van der Waals surface area (Å²) in [5, 5.41) is 9.12. The molecule has 0 fully saturated rings. The van der Waals surface area contributed by atoms with E-state index < -0.39 is 6.09 Å². The Balaban J connectivity index is 2.31. The number of hydrogen-bond donors (Lipinski definition) is 3. The minimum Gasteiger partial charge on any atom is -0.449 e. The van der Waals surface area contributed by atoms with Crippen LogP contribution >= 0.6 is 0 Å². The molecule has 0 aliphatic rings. The number of carbonyl (C=O) groups excluding carboxylic acids is 2. The van der Waals surface area contributed by atoms with E-state index in [0.29, 0.717) is 11.5 Å². The molecule has 0 saturated heterocycles. The van der Waals surface area contributed by atoms with Crippen LogP contribution in [0, 0.1) is 0 Å².